The van der Waals surface area contributed by atoms with Crippen LogP contribution in [0.5, 0.6) is 5.75 Å². The third-order valence-electron chi connectivity index (χ3n) is 3.43. The Morgan fingerprint density at radius 3 is 2.71 bits per heavy atom. The molecule has 0 aliphatic heterocycles. The van der Waals surface area contributed by atoms with E-state index in [1.54, 1.807) is 18.9 Å². The molecule has 0 saturated heterocycles. The van der Waals surface area contributed by atoms with Gasteiger partial charge in [-0.3, -0.25) is 0 Å². The van der Waals surface area contributed by atoms with Gasteiger partial charge in [0.25, 0.3) is 0 Å². The molecular weight excluding hydrogens is 302 g/mol. The molecule has 0 aliphatic rings. The first-order valence-corrected chi connectivity index (χ1v) is 8.23. The quantitative estimate of drug-likeness (QED) is 0.763. The van der Waals surface area contributed by atoms with Crippen molar-refractivity contribution in [3.8, 4) is 5.75 Å². The van der Waals surface area contributed by atoms with Gasteiger partial charge in [-0.15, -0.1) is 11.8 Å². The first-order chi connectivity index (χ1) is 10.1. The Balaban J connectivity index is 2.17. The van der Waals surface area contributed by atoms with Gasteiger partial charge in [-0.1, -0.05) is 23.7 Å². The Labute approximate surface area is 135 Å². The summed E-state index contributed by atoms with van der Waals surface area (Å²) in [5, 5.41) is 4.03. The highest BCUT2D eigenvalue weighted by atomic mass is 35.5. The molecule has 2 rings (SSSR count). The van der Waals surface area contributed by atoms with E-state index in [0.717, 1.165) is 21.4 Å². The molecule has 2 aromatic carbocycles. The third-order valence-corrected chi connectivity index (χ3v) is 4.71. The topological polar surface area (TPSA) is 21.3 Å². The summed E-state index contributed by atoms with van der Waals surface area (Å²) in [5.74, 6) is 1.78. The van der Waals surface area contributed by atoms with E-state index < -0.39 is 0 Å². The minimum atomic E-state index is 0.325. The second-order valence-electron chi connectivity index (χ2n) is 4.83. The Kier molecular flexibility index (Phi) is 5.97. The zero-order chi connectivity index (χ0) is 15.2. The van der Waals surface area contributed by atoms with E-state index >= 15 is 0 Å². The van der Waals surface area contributed by atoms with Crippen molar-refractivity contribution in [3.63, 3.8) is 0 Å². The van der Waals surface area contributed by atoms with Crippen LogP contribution in [0.3, 0.4) is 0 Å². The predicted molar refractivity (Wildman–Crippen MR) is 91.5 cm³/mol. The molecule has 4 heteroatoms. The fraction of sp³-hybridized carbons (Fsp3) is 0.294. The summed E-state index contributed by atoms with van der Waals surface area (Å²) in [6, 6.07) is 14.6. The normalized spacial score (nSPS) is 12.2. The van der Waals surface area contributed by atoms with Crippen molar-refractivity contribution in [2.45, 2.75) is 23.6 Å². The lowest BCUT2D eigenvalue weighted by Gasteiger charge is -2.15. The van der Waals surface area contributed by atoms with Crippen molar-refractivity contribution in [1.82, 2.24) is 5.32 Å². The summed E-state index contributed by atoms with van der Waals surface area (Å²) < 4.78 is 5.47. The van der Waals surface area contributed by atoms with Crippen molar-refractivity contribution in [2.75, 3.05) is 14.2 Å². The van der Waals surface area contributed by atoms with Crippen LogP contribution in [0.2, 0.25) is 5.02 Å². The standard InChI is InChI=1S/C17H20ClNOS/c1-12(19-2)13-7-8-17(20-3)14(9-13)11-21-16-6-4-5-15(18)10-16/h4-10,12,19H,11H2,1-3H3. The molecular formula is C17H20ClNOS. The van der Waals surface area contributed by atoms with Gasteiger partial charge in [-0.2, -0.15) is 0 Å². The molecule has 0 spiro atoms. The molecule has 0 saturated carbocycles. The highest BCUT2D eigenvalue weighted by Crippen LogP contribution is 2.31. The van der Waals surface area contributed by atoms with Gasteiger partial charge < -0.3 is 10.1 Å². The lowest BCUT2D eigenvalue weighted by atomic mass is 10.1. The first-order valence-electron chi connectivity index (χ1n) is 6.86. The van der Waals surface area contributed by atoms with Crippen LogP contribution < -0.4 is 10.1 Å². The molecule has 0 aromatic heterocycles. The van der Waals surface area contributed by atoms with E-state index in [-0.39, 0.29) is 0 Å². The molecule has 0 heterocycles. The van der Waals surface area contributed by atoms with Gasteiger partial charge in [0, 0.05) is 27.3 Å². The van der Waals surface area contributed by atoms with Crippen LogP contribution in [0.1, 0.15) is 24.1 Å². The number of benzene rings is 2. The lowest BCUT2D eigenvalue weighted by molar-refractivity contribution is 0.411. The fourth-order valence-electron chi connectivity index (χ4n) is 2.07. The Hall–Kier alpha value is -1.16. The second-order valence-corrected chi connectivity index (χ2v) is 6.31. The highest BCUT2D eigenvalue weighted by molar-refractivity contribution is 7.98. The molecule has 112 valence electrons. The van der Waals surface area contributed by atoms with Gasteiger partial charge in [0.05, 0.1) is 7.11 Å². The van der Waals surface area contributed by atoms with Gasteiger partial charge in [0.1, 0.15) is 5.75 Å². The highest BCUT2D eigenvalue weighted by Gasteiger charge is 2.09. The molecule has 0 fully saturated rings. The van der Waals surface area contributed by atoms with Crippen LogP contribution in [0, 0.1) is 0 Å². The molecule has 2 nitrogen and oxygen atoms in total. The molecule has 1 unspecified atom stereocenters. The predicted octanol–water partition coefficient (Wildman–Crippen LogP) is 4.92. The molecule has 0 aliphatic carbocycles. The number of rotatable bonds is 6. The van der Waals surface area contributed by atoms with Gasteiger partial charge in [-0.25, -0.2) is 0 Å². The SMILES string of the molecule is CNC(C)c1ccc(OC)c(CSc2cccc(Cl)c2)c1. The minimum Gasteiger partial charge on any atom is -0.496 e. The zero-order valence-electron chi connectivity index (χ0n) is 12.5. The maximum absolute atomic E-state index is 6.02. The van der Waals surface area contributed by atoms with Crippen molar-refractivity contribution in [3.05, 3.63) is 58.6 Å². The summed E-state index contributed by atoms with van der Waals surface area (Å²) in [5.41, 5.74) is 2.46. The maximum atomic E-state index is 6.02. The average molecular weight is 322 g/mol. The van der Waals surface area contributed by atoms with Crippen molar-refractivity contribution >= 4 is 23.4 Å². The summed E-state index contributed by atoms with van der Waals surface area (Å²) >= 11 is 7.78. The van der Waals surface area contributed by atoms with E-state index in [2.05, 4.69) is 30.4 Å². The smallest absolute Gasteiger partial charge is 0.122 e. The average Bonchev–Trinajstić information content (AvgIpc) is 2.52. The molecule has 2 aromatic rings. The van der Waals surface area contributed by atoms with Crippen LogP contribution in [-0.4, -0.2) is 14.2 Å². The second kappa shape index (κ2) is 7.74. The Morgan fingerprint density at radius 2 is 2.05 bits per heavy atom. The molecule has 0 amide bonds. The van der Waals surface area contributed by atoms with Crippen LogP contribution in [0.4, 0.5) is 0 Å². The number of nitrogens with one attached hydrogen (secondary N) is 1. The summed E-state index contributed by atoms with van der Waals surface area (Å²) in [6.07, 6.45) is 0. The Bertz CT molecular complexity index is 603. The van der Waals surface area contributed by atoms with Crippen LogP contribution in [0.15, 0.2) is 47.4 Å². The number of hydrogen-bond acceptors (Lipinski definition) is 3. The summed E-state index contributed by atoms with van der Waals surface area (Å²) in [4.78, 5) is 1.16. The molecule has 21 heavy (non-hydrogen) atoms. The van der Waals surface area contributed by atoms with Crippen molar-refractivity contribution in [2.24, 2.45) is 0 Å². The van der Waals surface area contributed by atoms with E-state index in [9.17, 15) is 0 Å². The van der Waals surface area contributed by atoms with Crippen molar-refractivity contribution < 1.29 is 4.74 Å². The number of hydrogen-bond donors (Lipinski definition) is 1. The summed E-state index contributed by atoms with van der Waals surface area (Å²) in [6.45, 7) is 2.15. The maximum Gasteiger partial charge on any atom is 0.122 e. The van der Waals surface area contributed by atoms with Gasteiger partial charge in [0.2, 0.25) is 0 Å². The molecule has 1 N–H and O–H groups in total. The number of methoxy groups -OCH3 is 1. The van der Waals surface area contributed by atoms with Crippen LogP contribution >= 0.6 is 23.4 Å². The molecule has 0 bridgehead atoms. The lowest BCUT2D eigenvalue weighted by Crippen LogP contribution is -2.12. The number of ether oxygens (including phenoxy) is 1. The number of thioether (sulfide) groups is 1. The summed E-state index contributed by atoms with van der Waals surface area (Å²) in [7, 11) is 3.68. The van der Waals surface area contributed by atoms with E-state index in [1.807, 2.05) is 31.3 Å². The number of halogens is 1. The zero-order valence-corrected chi connectivity index (χ0v) is 14.1. The monoisotopic (exact) mass is 321 g/mol. The molecule has 0 radical (unpaired) electrons. The van der Waals surface area contributed by atoms with Gasteiger partial charge >= 0.3 is 0 Å². The Morgan fingerprint density at radius 1 is 1.24 bits per heavy atom. The minimum absolute atomic E-state index is 0.325. The molecule has 1 atom stereocenters. The van der Waals surface area contributed by atoms with E-state index in [1.165, 1.54) is 11.1 Å². The van der Waals surface area contributed by atoms with Crippen LogP contribution in [-0.2, 0) is 5.75 Å². The van der Waals surface area contributed by atoms with E-state index in [0.29, 0.717) is 6.04 Å². The van der Waals surface area contributed by atoms with Gasteiger partial charge in [0.15, 0.2) is 0 Å². The largest absolute Gasteiger partial charge is 0.496 e. The first kappa shape index (κ1) is 16.2. The van der Waals surface area contributed by atoms with Gasteiger partial charge in [-0.05, 0) is 49.9 Å². The fourth-order valence-corrected chi connectivity index (χ4v) is 3.25. The van der Waals surface area contributed by atoms with Crippen LogP contribution in [0.25, 0.3) is 0 Å². The van der Waals surface area contributed by atoms with Crippen molar-refractivity contribution in [1.29, 1.82) is 0 Å². The third kappa shape index (κ3) is 4.40. The van der Waals surface area contributed by atoms with E-state index in [4.69, 9.17) is 16.3 Å².